The molecule has 0 amide bonds. The standard InChI is InChI=1S/C10H16O/c1-10(2)7-4-3-5-9(10)6-8-11/h3-5,7,9,11H,6,8H2,1-2H3. The third kappa shape index (κ3) is 1.93. The van der Waals surface area contributed by atoms with Crippen LogP contribution in [0.5, 0.6) is 0 Å². The first-order chi connectivity index (χ1) is 5.17. The van der Waals surface area contributed by atoms with Gasteiger partial charge in [0, 0.05) is 6.61 Å². The highest BCUT2D eigenvalue weighted by Crippen LogP contribution is 2.34. The summed E-state index contributed by atoms with van der Waals surface area (Å²) < 4.78 is 0. The van der Waals surface area contributed by atoms with Gasteiger partial charge in [-0.2, -0.15) is 0 Å². The average molecular weight is 152 g/mol. The van der Waals surface area contributed by atoms with Gasteiger partial charge in [-0.05, 0) is 17.8 Å². The third-order valence-electron chi connectivity index (χ3n) is 2.38. The Morgan fingerprint density at radius 1 is 1.36 bits per heavy atom. The Bertz CT molecular complexity index is 177. The fourth-order valence-electron chi connectivity index (χ4n) is 1.48. The van der Waals surface area contributed by atoms with E-state index in [1.807, 2.05) is 0 Å². The van der Waals surface area contributed by atoms with E-state index in [0.717, 1.165) is 6.42 Å². The maximum atomic E-state index is 8.79. The number of rotatable bonds is 2. The molecule has 1 atom stereocenters. The second-order valence-corrected chi connectivity index (χ2v) is 3.68. The molecule has 0 saturated heterocycles. The fraction of sp³-hybridized carbons (Fsp3) is 0.600. The van der Waals surface area contributed by atoms with Crippen molar-refractivity contribution in [2.24, 2.45) is 11.3 Å². The molecule has 0 fully saturated rings. The minimum absolute atomic E-state index is 0.220. The van der Waals surface area contributed by atoms with Crippen molar-refractivity contribution in [3.05, 3.63) is 24.3 Å². The molecule has 0 aromatic carbocycles. The van der Waals surface area contributed by atoms with Crippen molar-refractivity contribution in [1.29, 1.82) is 0 Å². The maximum Gasteiger partial charge on any atom is 0.0436 e. The first kappa shape index (κ1) is 8.54. The van der Waals surface area contributed by atoms with Crippen LogP contribution in [0.25, 0.3) is 0 Å². The molecule has 1 heteroatoms. The monoisotopic (exact) mass is 152 g/mol. The lowest BCUT2D eigenvalue weighted by Gasteiger charge is -2.30. The lowest BCUT2D eigenvalue weighted by molar-refractivity contribution is 0.224. The summed E-state index contributed by atoms with van der Waals surface area (Å²) in [7, 11) is 0. The van der Waals surface area contributed by atoms with Crippen LogP contribution < -0.4 is 0 Å². The molecule has 0 heterocycles. The van der Waals surface area contributed by atoms with E-state index in [2.05, 4.69) is 38.2 Å². The van der Waals surface area contributed by atoms with Gasteiger partial charge in [0.1, 0.15) is 0 Å². The Morgan fingerprint density at radius 3 is 2.64 bits per heavy atom. The number of hydrogen-bond acceptors (Lipinski definition) is 1. The fourth-order valence-corrected chi connectivity index (χ4v) is 1.48. The molecule has 0 saturated carbocycles. The molecule has 0 aliphatic heterocycles. The van der Waals surface area contributed by atoms with Gasteiger partial charge in [0.15, 0.2) is 0 Å². The summed E-state index contributed by atoms with van der Waals surface area (Å²) in [4.78, 5) is 0. The Kier molecular flexibility index (Phi) is 2.50. The van der Waals surface area contributed by atoms with E-state index < -0.39 is 0 Å². The highest BCUT2D eigenvalue weighted by Gasteiger charge is 2.25. The van der Waals surface area contributed by atoms with Crippen molar-refractivity contribution < 1.29 is 5.11 Å². The van der Waals surface area contributed by atoms with Gasteiger partial charge in [-0.15, -0.1) is 0 Å². The van der Waals surface area contributed by atoms with E-state index in [4.69, 9.17) is 5.11 Å². The molecular weight excluding hydrogens is 136 g/mol. The lowest BCUT2D eigenvalue weighted by Crippen LogP contribution is -2.22. The normalized spacial score (nSPS) is 27.4. The van der Waals surface area contributed by atoms with Crippen LogP contribution in [0, 0.1) is 11.3 Å². The number of aliphatic hydroxyl groups is 1. The van der Waals surface area contributed by atoms with Crippen LogP contribution >= 0.6 is 0 Å². The summed E-state index contributed by atoms with van der Waals surface area (Å²) in [5.74, 6) is 0.498. The highest BCUT2D eigenvalue weighted by molar-refractivity contribution is 5.17. The Morgan fingerprint density at radius 2 is 2.09 bits per heavy atom. The number of aliphatic hydroxyl groups excluding tert-OH is 1. The van der Waals surface area contributed by atoms with E-state index in [-0.39, 0.29) is 12.0 Å². The van der Waals surface area contributed by atoms with Gasteiger partial charge in [-0.25, -0.2) is 0 Å². The van der Waals surface area contributed by atoms with Gasteiger partial charge >= 0.3 is 0 Å². The van der Waals surface area contributed by atoms with E-state index in [1.165, 1.54) is 0 Å². The molecule has 0 spiro atoms. The zero-order chi connectivity index (χ0) is 8.32. The number of hydrogen-bond donors (Lipinski definition) is 1. The quantitative estimate of drug-likeness (QED) is 0.642. The van der Waals surface area contributed by atoms with Crippen LogP contribution in [-0.4, -0.2) is 11.7 Å². The molecule has 1 N–H and O–H groups in total. The highest BCUT2D eigenvalue weighted by atomic mass is 16.3. The summed E-state index contributed by atoms with van der Waals surface area (Å²) >= 11 is 0. The molecule has 1 rings (SSSR count). The Labute approximate surface area is 68.4 Å². The SMILES string of the molecule is CC1(C)C=CC=CC1CCO. The van der Waals surface area contributed by atoms with Crippen molar-refractivity contribution >= 4 is 0 Å². The topological polar surface area (TPSA) is 20.2 Å². The Hall–Kier alpha value is -0.560. The molecule has 0 aromatic heterocycles. The van der Waals surface area contributed by atoms with Crippen molar-refractivity contribution in [3.63, 3.8) is 0 Å². The summed E-state index contributed by atoms with van der Waals surface area (Å²) in [6, 6.07) is 0. The van der Waals surface area contributed by atoms with E-state index in [0.29, 0.717) is 5.92 Å². The van der Waals surface area contributed by atoms with Crippen LogP contribution in [0.3, 0.4) is 0 Å². The van der Waals surface area contributed by atoms with Crippen LogP contribution in [-0.2, 0) is 0 Å². The van der Waals surface area contributed by atoms with Crippen LogP contribution in [0.1, 0.15) is 20.3 Å². The molecule has 62 valence electrons. The van der Waals surface area contributed by atoms with Gasteiger partial charge in [0.2, 0.25) is 0 Å². The zero-order valence-electron chi connectivity index (χ0n) is 7.25. The van der Waals surface area contributed by atoms with Gasteiger partial charge in [-0.3, -0.25) is 0 Å². The summed E-state index contributed by atoms with van der Waals surface area (Å²) in [6.45, 7) is 4.69. The van der Waals surface area contributed by atoms with E-state index in [1.54, 1.807) is 0 Å². The molecule has 1 nitrogen and oxygen atoms in total. The summed E-state index contributed by atoms with van der Waals surface area (Å²) in [6.07, 6.45) is 9.39. The van der Waals surface area contributed by atoms with Crippen LogP contribution in [0.4, 0.5) is 0 Å². The van der Waals surface area contributed by atoms with Crippen molar-refractivity contribution in [1.82, 2.24) is 0 Å². The Balaban J connectivity index is 2.64. The minimum Gasteiger partial charge on any atom is -0.396 e. The molecule has 1 aliphatic rings. The van der Waals surface area contributed by atoms with Gasteiger partial charge in [0.05, 0.1) is 0 Å². The predicted octanol–water partition coefficient (Wildman–Crippen LogP) is 2.14. The first-order valence-electron chi connectivity index (χ1n) is 4.14. The molecular formula is C10H16O. The smallest absolute Gasteiger partial charge is 0.0436 e. The maximum absolute atomic E-state index is 8.79. The van der Waals surface area contributed by atoms with Gasteiger partial charge in [0.25, 0.3) is 0 Å². The number of allylic oxidation sites excluding steroid dienone is 4. The van der Waals surface area contributed by atoms with E-state index in [9.17, 15) is 0 Å². The van der Waals surface area contributed by atoms with Crippen LogP contribution in [0.15, 0.2) is 24.3 Å². The minimum atomic E-state index is 0.220. The molecule has 0 aromatic rings. The molecule has 0 radical (unpaired) electrons. The van der Waals surface area contributed by atoms with Gasteiger partial charge < -0.3 is 5.11 Å². The first-order valence-corrected chi connectivity index (χ1v) is 4.14. The summed E-state index contributed by atoms with van der Waals surface area (Å²) in [5, 5.41) is 8.79. The van der Waals surface area contributed by atoms with Crippen LogP contribution in [0.2, 0.25) is 0 Å². The van der Waals surface area contributed by atoms with E-state index >= 15 is 0 Å². The molecule has 11 heavy (non-hydrogen) atoms. The van der Waals surface area contributed by atoms with Crippen molar-refractivity contribution in [2.45, 2.75) is 20.3 Å². The van der Waals surface area contributed by atoms with Crippen molar-refractivity contribution in [2.75, 3.05) is 6.61 Å². The second-order valence-electron chi connectivity index (χ2n) is 3.68. The largest absolute Gasteiger partial charge is 0.396 e. The average Bonchev–Trinajstić information content (AvgIpc) is 1.94. The third-order valence-corrected chi connectivity index (χ3v) is 2.38. The molecule has 1 unspecified atom stereocenters. The lowest BCUT2D eigenvalue weighted by atomic mass is 9.75. The summed E-state index contributed by atoms with van der Waals surface area (Å²) in [5.41, 5.74) is 0.220. The van der Waals surface area contributed by atoms with Gasteiger partial charge in [-0.1, -0.05) is 38.2 Å². The zero-order valence-corrected chi connectivity index (χ0v) is 7.25. The molecule has 0 bridgehead atoms. The molecule has 1 aliphatic carbocycles. The second kappa shape index (κ2) is 3.22. The van der Waals surface area contributed by atoms with Crippen molar-refractivity contribution in [3.8, 4) is 0 Å². The predicted molar refractivity (Wildman–Crippen MR) is 47.3 cm³/mol.